The summed E-state index contributed by atoms with van der Waals surface area (Å²) < 4.78 is 10.4. The minimum absolute atomic E-state index is 0.354. The number of para-hydroxylation sites is 1. The molecule has 2 aliphatic rings. The monoisotopic (exact) mass is 393 g/mol. The first-order valence-corrected chi connectivity index (χ1v) is 9.46. The largest absolute Gasteiger partial charge is 0.497 e. The highest BCUT2D eigenvalue weighted by Gasteiger charge is 2.35. The molecule has 2 heterocycles. The van der Waals surface area contributed by atoms with Crippen LogP contribution < -0.4 is 20.3 Å². The molecule has 0 aromatic heterocycles. The molecule has 2 N–H and O–H groups in total. The van der Waals surface area contributed by atoms with Crippen molar-refractivity contribution in [1.82, 2.24) is 10.6 Å². The zero-order chi connectivity index (χ0) is 20.4. The third kappa shape index (κ3) is 3.63. The van der Waals surface area contributed by atoms with E-state index in [1.807, 2.05) is 36.4 Å². The molecule has 4 rings (SSSR count). The highest BCUT2D eigenvalue weighted by atomic mass is 16.5. The molecule has 0 spiro atoms. The van der Waals surface area contributed by atoms with Crippen molar-refractivity contribution in [2.24, 2.45) is 0 Å². The quantitative estimate of drug-likeness (QED) is 0.763. The molecular weight excluding hydrogens is 370 g/mol. The lowest BCUT2D eigenvalue weighted by atomic mass is 9.94. The van der Waals surface area contributed by atoms with Gasteiger partial charge >= 0.3 is 12.0 Å². The van der Waals surface area contributed by atoms with Crippen LogP contribution in [0, 0.1) is 0 Å². The van der Waals surface area contributed by atoms with Crippen LogP contribution in [-0.4, -0.2) is 39.3 Å². The Morgan fingerprint density at radius 3 is 2.79 bits per heavy atom. The highest BCUT2D eigenvalue weighted by Crippen LogP contribution is 2.32. The molecule has 0 bridgehead atoms. The molecule has 0 aliphatic carbocycles. The van der Waals surface area contributed by atoms with Crippen LogP contribution in [0.4, 0.5) is 10.5 Å². The second kappa shape index (κ2) is 7.87. The van der Waals surface area contributed by atoms with E-state index in [0.29, 0.717) is 23.6 Å². The van der Waals surface area contributed by atoms with Crippen molar-refractivity contribution in [1.29, 1.82) is 0 Å². The number of hydrogen-bond acceptors (Lipinski definition) is 5. The normalized spacial score (nSPS) is 18.1. The molecule has 2 aromatic carbocycles. The van der Waals surface area contributed by atoms with Gasteiger partial charge in [-0.05, 0) is 35.7 Å². The number of carbonyl (C=O) groups is 2. The van der Waals surface area contributed by atoms with Crippen molar-refractivity contribution in [2.75, 3.05) is 32.2 Å². The Balaban J connectivity index is 1.74. The van der Waals surface area contributed by atoms with Crippen LogP contribution in [0.5, 0.6) is 5.75 Å². The Bertz CT molecular complexity index is 986. The van der Waals surface area contributed by atoms with E-state index < -0.39 is 12.0 Å². The van der Waals surface area contributed by atoms with Crippen LogP contribution in [0.3, 0.4) is 0 Å². The molecule has 7 heteroatoms. The van der Waals surface area contributed by atoms with Crippen molar-refractivity contribution in [3.8, 4) is 5.75 Å². The van der Waals surface area contributed by atoms with Crippen LogP contribution in [0.15, 0.2) is 59.8 Å². The Labute approximate surface area is 169 Å². The smallest absolute Gasteiger partial charge is 0.338 e. The second-order valence-corrected chi connectivity index (χ2v) is 6.99. The molecule has 29 heavy (non-hydrogen) atoms. The molecule has 2 amide bonds. The van der Waals surface area contributed by atoms with E-state index in [2.05, 4.69) is 27.7 Å². The molecule has 1 atom stereocenters. The first-order chi connectivity index (χ1) is 14.1. The number of hydrogen-bond donors (Lipinski definition) is 2. The fourth-order valence-electron chi connectivity index (χ4n) is 3.93. The van der Waals surface area contributed by atoms with Gasteiger partial charge in [-0.3, -0.25) is 0 Å². The van der Waals surface area contributed by atoms with Crippen molar-refractivity contribution in [3.63, 3.8) is 0 Å². The number of rotatable bonds is 5. The summed E-state index contributed by atoms with van der Waals surface area (Å²) >= 11 is 0. The van der Waals surface area contributed by atoms with Crippen LogP contribution in [0.1, 0.15) is 17.2 Å². The van der Waals surface area contributed by atoms with Gasteiger partial charge in [0.2, 0.25) is 0 Å². The molecule has 2 aliphatic heterocycles. The summed E-state index contributed by atoms with van der Waals surface area (Å²) in [5.41, 5.74) is 4.07. The summed E-state index contributed by atoms with van der Waals surface area (Å²) in [6, 6.07) is 14.5. The molecule has 0 unspecified atom stereocenters. The summed E-state index contributed by atoms with van der Waals surface area (Å²) in [6.45, 7) is 1.24. The number of nitrogens with zero attached hydrogens (tertiary/aromatic N) is 1. The SMILES string of the molecule is COC(=O)C1=C(CN2CCc3ccccc32)NC(=O)N[C@H]1c1cccc(OC)c1. The van der Waals surface area contributed by atoms with E-state index in [0.717, 1.165) is 24.2 Å². The lowest BCUT2D eigenvalue weighted by Gasteiger charge is -2.31. The first-order valence-electron chi connectivity index (χ1n) is 9.46. The fourth-order valence-corrected chi connectivity index (χ4v) is 3.93. The molecule has 0 radical (unpaired) electrons. The minimum Gasteiger partial charge on any atom is -0.497 e. The Hall–Kier alpha value is -3.48. The number of anilines is 1. The topological polar surface area (TPSA) is 79.9 Å². The van der Waals surface area contributed by atoms with Gasteiger partial charge in [-0.15, -0.1) is 0 Å². The Morgan fingerprint density at radius 2 is 2.00 bits per heavy atom. The van der Waals surface area contributed by atoms with Gasteiger partial charge in [0, 0.05) is 12.2 Å². The van der Waals surface area contributed by atoms with Crippen molar-refractivity contribution >= 4 is 17.7 Å². The minimum atomic E-state index is -0.626. The van der Waals surface area contributed by atoms with Gasteiger partial charge in [0.05, 0.1) is 38.1 Å². The number of esters is 1. The van der Waals surface area contributed by atoms with E-state index in [1.54, 1.807) is 7.11 Å². The van der Waals surface area contributed by atoms with Crippen molar-refractivity contribution < 1.29 is 19.1 Å². The molecule has 2 aromatic rings. The standard InChI is InChI=1S/C22H23N3O4/c1-28-16-8-5-7-15(12-16)20-19(21(26)29-2)17(23-22(27)24-20)13-25-11-10-14-6-3-4-9-18(14)25/h3-9,12,20H,10-11,13H2,1-2H3,(H2,23,24,27)/t20-/m0/s1. The van der Waals surface area contributed by atoms with Gasteiger partial charge in [-0.25, -0.2) is 9.59 Å². The van der Waals surface area contributed by atoms with E-state index >= 15 is 0 Å². The zero-order valence-electron chi connectivity index (χ0n) is 16.4. The number of carbonyl (C=O) groups excluding carboxylic acids is 2. The average Bonchev–Trinajstić information content (AvgIpc) is 3.16. The average molecular weight is 393 g/mol. The van der Waals surface area contributed by atoms with Crippen LogP contribution in [0.2, 0.25) is 0 Å². The third-order valence-electron chi connectivity index (χ3n) is 5.32. The summed E-state index contributed by atoms with van der Waals surface area (Å²) in [4.78, 5) is 27.3. The molecule has 0 fully saturated rings. The van der Waals surface area contributed by atoms with Gasteiger partial charge < -0.3 is 25.0 Å². The fraction of sp³-hybridized carbons (Fsp3) is 0.273. The molecule has 7 nitrogen and oxygen atoms in total. The molecule has 0 saturated carbocycles. The van der Waals surface area contributed by atoms with Crippen molar-refractivity contribution in [3.05, 3.63) is 70.9 Å². The van der Waals surface area contributed by atoms with Crippen LogP contribution in [-0.2, 0) is 16.0 Å². The maximum Gasteiger partial charge on any atom is 0.338 e. The summed E-state index contributed by atoms with van der Waals surface area (Å²) in [7, 11) is 2.92. The third-order valence-corrected chi connectivity index (χ3v) is 5.32. The maximum atomic E-state index is 12.7. The zero-order valence-corrected chi connectivity index (χ0v) is 16.4. The molecular formula is C22H23N3O4. The van der Waals surface area contributed by atoms with Crippen LogP contribution in [0.25, 0.3) is 0 Å². The lowest BCUT2D eigenvalue weighted by molar-refractivity contribution is -0.136. The first kappa shape index (κ1) is 18.9. The maximum absolute atomic E-state index is 12.7. The summed E-state index contributed by atoms with van der Waals surface area (Å²) in [5, 5.41) is 5.66. The van der Waals surface area contributed by atoms with Gasteiger partial charge in [0.15, 0.2) is 0 Å². The van der Waals surface area contributed by atoms with E-state index in [4.69, 9.17) is 9.47 Å². The predicted molar refractivity (Wildman–Crippen MR) is 109 cm³/mol. The second-order valence-electron chi connectivity index (χ2n) is 6.99. The van der Waals surface area contributed by atoms with Crippen LogP contribution >= 0.6 is 0 Å². The number of ether oxygens (including phenoxy) is 2. The van der Waals surface area contributed by atoms with Gasteiger partial charge in [-0.1, -0.05) is 30.3 Å². The van der Waals surface area contributed by atoms with Crippen molar-refractivity contribution in [2.45, 2.75) is 12.5 Å². The lowest BCUT2D eigenvalue weighted by Crippen LogP contribution is -2.48. The number of urea groups is 1. The van der Waals surface area contributed by atoms with Gasteiger partial charge in [-0.2, -0.15) is 0 Å². The summed E-state index contributed by atoms with van der Waals surface area (Å²) in [5.74, 6) is 0.169. The number of methoxy groups -OCH3 is 2. The molecule has 0 saturated heterocycles. The highest BCUT2D eigenvalue weighted by molar-refractivity contribution is 5.95. The number of amides is 2. The van der Waals surface area contributed by atoms with E-state index in [-0.39, 0.29) is 6.03 Å². The number of nitrogens with one attached hydrogen (secondary N) is 2. The Morgan fingerprint density at radius 1 is 1.17 bits per heavy atom. The predicted octanol–water partition coefficient (Wildman–Crippen LogP) is 2.54. The van der Waals surface area contributed by atoms with E-state index in [9.17, 15) is 9.59 Å². The van der Waals surface area contributed by atoms with Gasteiger partial charge in [0.25, 0.3) is 0 Å². The van der Waals surface area contributed by atoms with Gasteiger partial charge in [0.1, 0.15) is 5.75 Å². The number of benzene rings is 2. The number of fused-ring (bicyclic) bond motifs is 1. The summed E-state index contributed by atoms with van der Waals surface area (Å²) in [6.07, 6.45) is 0.933. The van der Waals surface area contributed by atoms with E-state index in [1.165, 1.54) is 12.7 Å². The molecule has 150 valence electrons. The Kier molecular flexibility index (Phi) is 5.12.